The maximum Gasteiger partial charge on any atom is 0.177 e. The van der Waals surface area contributed by atoms with Crippen LogP contribution in [0.3, 0.4) is 0 Å². The SMILES string of the molecule is COc1ccc(-n2c(C)cc(C3=NNC(=NC[C@@H]4CCCO4)SC3)c2C)cc1. The number of rotatable bonds is 5. The van der Waals surface area contributed by atoms with Crippen LogP contribution in [0.2, 0.25) is 0 Å². The largest absolute Gasteiger partial charge is 0.497 e. The van der Waals surface area contributed by atoms with Crippen LogP contribution in [-0.2, 0) is 4.74 Å². The monoisotopic (exact) mass is 398 g/mol. The predicted molar refractivity (Wildman–Crippen MR) is 115 cm³/mol. The number of aliphatic imine (C=N–C) groups is 1. The van der Waals surface area contributed by atoms with Gasteiger partial charge in [-0.25, -0.2) is 0 Å². The molecule has 0 amide bonds. The van der Waals surface area contributed by atoms with E-state index in [4.69, 9.17) is 9.47 Å². The molecule has 2 aromatic rings. The lowest BCUT2D eigenvalue weighted by atomic mass is 10.1. The number of amidine groups is 1. The summed E-state index contributed by atoms with van der Waals surface area (Å²) >= 11 is 1.70. The zero-order valence-electron chi connectivity index (χ0n) is 16.6. The van der Waals surface area contributed by atoms with E-state index < -0.39 is 0 Å². The van der Waals surface area contributed by atoms with Gasteiger partial charge in [0.25, 0.3) is 0 Å². The summed E-state index contributed by atoms with van der Waals surface area (Å²) < 4.78 is 13.2. The Kier molecular flexibility index (Phi) is 5.73. The lowest BCUT2D eigenvalue weighted by molar-refractivity contribution is 0.118. The van der Waals surface area contributed by atoms with E-state index in [0.29, 0.717) is 6.54 Å². The second kappa shape index (κ2) is 8.41. The topological polar surface area (TPSA) is 60.1 Å². The highest BCUT2D eigenvalue weighted by molar-refractivity contribution is 8.14. The van der Waals surface area contributed by atoms with Gasteiger partial charge in [0.15, 0.2) is 5.17 Å². The van der Waals surface area contributed by atoms with Crippen LogP contribution in [0.25, 0.3) is 5.69 Å². The Labute approximate surface area is 170 Å². The highest BCUT2D eigenvalue weighted by Crippen LogP contribution is 2.25. The maximum absolute atomic E-state index is 5.63. The summed E-state index contributed by atoms with van der Waals surface area (Å²) in [6, 6.07) is 10.3. The van der Waals surface area contributed by atoms with Gasteiger partial charge < -0.3 is 14.0 Å². The van der Waals surface area contributed by atoms with E-state index in [1.807, 2.05) is 12.1 Å². The van der Waals surface area contributed by atoms with Crippen LogP contribution in [0.4, 0.5) is 0 Å². The molecule has 1 aromatic heterocycles. The lowest BCUT2D eigenvalue weighted by Crippen LogP contribution is -2.26. The minimum absolute atomic E-state index is 0.267. The molecular formula is C21H26N4O2S. The summed E-state index contributed by atoms with van der Waals surface area (Å²) in [5, 5.41) is 5.48. The zero-order chi connectivity index (χ0) is 19.5. The first-order valence-electron chi connectivity index (χ1n) is 9.61. The van der Waals surface area contributed by atoms with Crippen LogP contribution in [0.1, 0.15) is 29.8 Å². The van der Waals surface area contributed by atoms with E-state index in [2.05, 4.69) is 52.1 Å². The van der Waals surface area contributed by atoms with Gasteiger partial charge in [0.05, 0.1) is 25.5 Å². The second-order valence-electron chi connectivity index (χ2n) is 7.06. The molecule has 4 rings (SSSR count). The summed E-state index contributed by atoms with van der Waals surface area (Å²) in [7, 11) is 1.68. The first-order chi connectivity index (χ1) is 13.7. The minimum Gasteiger partial charge on any atom is -0.497 e. The quantitative estimate of drug-likeness (QED) is 0.835. The van der Waals surface area contributed by atoms with Crippen molar-refractivity contribution in [3.8, 4) is 11.4 Å². The third-order valence-electron chi connectivity index (χ3n) is 5.17. The number of aryl methyl sites for hydroxylation is 1. The standard InChI is InChI=1S/C21H26N4O2S/c1-14-11-19(15(2)25(14)16-6-8-17(26-3)9-7-16)20-13-28-21(24-23-20)22-12-18-5-4-10-27-18/h6-9,11,18H,4-5,10,12-13H2,1-3H3,(H,22,24)/t18-/m0/s1. The van der Waals surface area contributed by atoms with Crippen molar-refractivity contribution in [2.45, 2.75) is 32.8 Å². The predicted octanol–water partition coefficient (Wildman–Crippen LogP) is 3.68. The van der Waals surface area contributed by atoms with Gasteiger partial charge in [0, 0.05) is 35.0 Å². The fraction of sp³-hybridized carbons (Fsp3) is 0.429. The third-order valence-corrected chi connectivity index (χ3v) is 6.08. The van der Waals surface area contributed by atoms with Gasteiger partial charge in [-0.1, -0.05) is 11.8 Å². The molecule has 2 aliphatic heterocycles. The third kappa shape index (κ3) is 3.95. The molecule has 1 atom stereocenters. The molecule has 6 nitrogen and oxygen atoms in total. The molecule has 0 saturated carbocycles. The molecule has 0 radical (unpaired) electrons. The van der Waals surface area contributed by atoms with E-state index in [1.54, 1.807) is 18.9 Å². The van der Waals surface area contributed by atoms with Gasteiger partial charge in [-0.05, 0) is 57.0 Å². The first kappa shape index (κ1) is 19.1. The Morgan fingerprint density at radius 2 is 2.14 bits per heavy atom. The number of nitrogens with one attached hydrogen (secondary N) is 1. The fourth-order valence-electron chi connectivity index (χ4n) is 3.69. The Hall–Kier alpha value is -2.25. The van der Waals surface area contributed by atoms with Crippen molar-refractivity contribution in [2.24, 2.45) is 10.1 Å². The number of ether oxygens (including phenoxy) is 2. The number of benzene rings is 1. The zero-order valence-corrected chi connectivity index (χ0v) is 17.4. The Balaban J connectivity index is 1.51. The summed E-state index contributed by atoms with van der Waals surface area (Å²) in [4.78, 5) is 4.62. The Morgan fingerprint density at radius 1 is 1.32 bits per heavy atom. The van der Waals surface area contributed by atoms with Gasteiger partial charge in [-0.15, -0.1) is 0 Å². The highest BCUT2D eigenvalue weighted by Gasteiger charge is 2.20. The smallest absolute Gasteiger partial charge is 0.177 e. The van der Waals surface area contributed by atoms with Gasteiger partial charge in [-0.2, -0.15) is 5.10 Å². The molecule has 0 unspecified atom stereocenters. The summed E-state index contributed by atoms with van der Waals surface area (Å²) in [5.74, 6) is 1.67. The molecule has 0 bridgehead atoms. The van der Waals surface area contributed by atoms with E-state index >= 15 is 0 Å². The van der Waals surface area contributed by atoms with Crippen LogP contribution in [0.5, 0.6) is 5.75 Å². The van der Waals surface area contributed by atoms with Crippen molar-refractivity contribution in [1.29, 1.82) is 0 Å². The Morgan fingerprint density at radius 3 is 2.79 bits per heavy atom. The number of aromatic nitrogens is 1. The fourth-order valence-corrected chi connectivity index (χ4v) is 4.46. The molecule has 1 fully saturated rings. The van der Waals surface area contributed by atoms with Crippen LogP contribution < -0.4 is 10.2 Å². The molecule has 28 heavy (non-hydrogen) atoms. The van der Waals surface area contributed by atoms with Gasteiger partial charge >= 0.3 is 0 Å². The van der Waals surface area contributed by atoms with E-state index in [-0.39, 0.29) is 6.10 Å². The molecule has 1 N–H and O–H groups in total. The molecule has 1 saturated heterocycles. The molecule has 0 aliphatic carbocycles. The van der Waals surface area contributed by atoms with Crippen LogP contribution >= 0.6 is 11.8 Å². The molecular weight excluding hydrogens is 372 g/mol. The molecule has 0 spiro atoms. The van der Waals surface area contributed by atoms with E-state index in [1.165, 1.54) is 17.0 Å². The maximum atomic E-state index is 5.63. The normalized spacial score (nSPS) is 20.9. The van der Waals surface area contributed by atoms with Gasteiger partial charge in [-0.3, -0.25) is 10.4 Å². The summed E-state index contributed by atoms with van der Waals surface area (Å²) in [5.41, 5.74) is 8.84. The van der Waals surface area contributed by atoms with Crippen molar-refractivity contribution in [3.05, 3.63) is 47.3 Å². The molecule has 2 aliphatic rings. The van der Waals surface area contributed by atoms with Crippen molar-refractivity contribution < 1.29 is 9.47 Å². The molecule has 7 heteroatoms. The first-order valence-corrected chi connectivity index (χ1v) is 10.6. The molecule has 1 aromatic carbocycles. The van der Waals surface area contributed by atoms with Crippen LogP contribution in [0.15, 0.2) is 40.4 Å². The van der Waals surface area contributed by atoms with Crippen molar-refractivity contribution >= 4 is 22.6 Å². The Bertz CT molecular complexity index is 896. The highest BCUT2D eigenvalue weighted by atomic mass is 32.2. The van der Waals surface area contributed by atoms with Crippen molar-refractivity contribution in [2.75, 3.05) is 26.0 Å². The number of hydrazone groups is 1. The van der Waals surface area contributed by atoms with E-state index in [9.17, 15) is 0 Å². The summed E-state index contributed by atoms with van der Waals surface area (Å²) in [6.45, 7) is 5.84. The lowest BCUT2D eigenvalue weighted by Gasteiger charge is -2.16. The van der Waals surface area contributed by atoms with Crippen molar-refractivity contribution in [3.63, 3.8) is 0 Å². The average molecular weight is 399 g/mol. The van der Waals surface area contributed by atoms with Crippen molar-refractivity contribution in [1.82, 2.24) is 9.99 Å². The number of thioether (sulfide) groups is 1. The van der Waals surface area contributed by atoms with Crippen LogP contribution in [-0.4, -0.2) is 47.6 Å². The van der Waals surface area contributed by atoms with Gasteiger partial charge in [0.1, 0.15) is 5.75 Å². The van der Waals surface area contributed by atoms with E-state index in [0.717, 1.165) is 47.5 Å². The molecule has 148 valence electrons. The van der Waals surface area contributed by atoms with Crippen LogP contribution in [0, 0.1) is 13.8 Å². The number of methoxy groups -OCH3 is 1. The minimum atomic E-state index is 0.267. The molecule has 3 heterocycles. The number of nitrogens with zero attached hydrogens (tertiary/aromatic N) is 3. The number of hydrogen-bond donors (Lipinski definition) is 1. The second-order valence-corrected chi connectivity index (χ2v) is 8.02. The summed E-state index contributed by atoms with van der Waals surface area (Å²) in [6.07, 6.45) is 2.51. The van der Waals surface area contributed by atoms with Gasteiger partial charge in [0.2, 0.25) is 0 Å². The average Bonchev–Trinajstić information content (AvgIpc) is 3.35. The number of hydrogen-bond acceptors (Lipinski definition) is 5.